The Morgan fingerprint density at radius 3 is 3.00 bits per heavy atom. The number of nitrogens with two attached hydrogens (primary N) is 1. The Morgan fingerprint density at radius 1 is 1.63 bits per heavy atom. The van der Waals surface area contributed by atoms with Crippen molar-refractivity contribution in [2.24, 2.45) is 5.73 Å². The first-order chi connectivity index (χ1) is 9.08. The molecule has 2 rings (SSSR count). The van der Waals surface area contributed by atoms with Crippen LogP contribution in [-0.2, 0) is 4.74 Å². The summed E-state index contributed by atoms with van der Waals surface area (Å²) in [5.41, 5.74) is 6.50. The fourth-order valence-electron chi connectivity index (χ4n) is 2.09. The van der Waals surface area contributed by atoms with Crippen LogP contribution < -0.4 is 16.0 Å². The summed E-state index contributed by atoms with van der Waals surface area (Å²) in [5, 5.41) is 3.66. The summed E-state index contributed by atoms with van der Waals surface area (Å²) in [6.07, 6.45) is 0.161. The lowest BCUT2D eigenvalue weighted by Crippen LogP contribution is -2.44. The second-order valence-electron chi connectivity index (χ2n) is 4.61. The van der Waals surface area contributed by atoms with Crippen molar-refractivity contribution in [3.05, 3.63) is 28.8 Å². The van der Waals surface area contributed by atoms with Crippen molar-refractivity contribution in [2.75, 3.05) is 38.2 Å². The van der Waals surface area contributed by atoms with E-state index in [0.717, 1.165) is 31.9 Å². The van der Waals surface area contributed by atoms with E-state index in [1.54, 1.807) is 12.1 Å². The maximum Gasteiger partial charge on any atom is 0.250 e. The van der Waals surface area contributed by atoms with E-state index >= 15 is 0 Å². The van der Waals surface area contributed by atoms with E-state index in [9.17, 15) is 4.79 Å². The molecule has 1 atom stereocenters. The fourth-order valence-corrected chi connectivity index (χ4v) is 2.36. The van der Waals surface area contributed by atoms with Crippen LogP contribution in [0.15, 0.2) is 18.2 Å². The molecule has 1 amide bonds. The SMILES string of the molecule is CN(CC1CNCCO1)c1ccc(C(N)=O)c(Cl)c1. The number of primary amides is 1. The fraction of sp³-hybridized carbons (Fsp3) is 0.462. The molecule has 3 N–H and O–H groups in total. The van der Waals surface area contributed by atoms with E-state index in [1.165, 1.54) is 0 Å². The molecular formula is C13H18ClN3O2. The minimum absolute atomic E-state index is 0.161. The van der Waals surface area contributed by atoms with Gasteiger partial charge in [-0.15, -0.1) is 0 Å². The Hall–Kier alpha value is -1.30. The van der Waals surface area contributed by atoms with Crippen LogP contribution in [0.3, 0.4) is 0 Å². The highest BCUT2D eigenvalue weighted by Crippen LogP contribution is 2.23. The van der Waals surface area contributed by atoms with Gasteiger partial charge in [-0.1, -0.05) is 11.6 Å². The zero-order chi connectivity index (χ0) is 13.8. The van der Waals surface area contributed by atoms with E-state index in [-0.39, 0.29) is 6.10 Å². The number of benzene rings is 1. The van der Waals surface area contributed by atoms with Gasteiger partial charge in [-0.25, -0.2) is 0 Å². The number of nitrogens with zero attached hydrogens (tertiary/aromatic N) is 1. The van der Waals surface area contributed by atoms with Gasteiger partial charge >= 0.3 is 0 Å². The average molecular weight is 284 g/mol. The summed E-state index contributed by atoms with van der Waals surface area (Å²) in [5.74, 6) is -0.515. The van der Waals surface area contributed by atoms with Crippen LogP contribution in [-0.4, -0.2) is 45.3 Å². The van der Waals surface area contributed by atoms with Gasteiger partial charge in [0.25, 0.3) is 0 Å². The molecule has 1 heterocycles. The molecule has 0 bridgehead atoms. The summed E-state index contributed by atoms with van der Waals surface area (Å²) in [4.78, 5) is 13.2. The average Bonchev–Trinajstić information content (AvgIpc) is 2.39. The number of rotatable bonds is 4. The van der Waals surface area contributed by atoms with Crippen LogP contribution in [0.25, 0.3) is 0 Å². The molecule has 1 fully saturated rings. The molecule has 0 aromatic heterocycles. The van der Waals surface area contributed by atoms with Crippen molar-refractivity contribution in [1.29, 1.82) is 0 Å². The number of amides is 1. The number of halogens is 1. The number of likely N-dealkylation sites (N-methyl/N-ethyl adjacent to an activating group) is 1. The molecule has 0 saturated carbocycles. The first-order valence-electron chi connectivity index (χ1n) is 6.20. The molecule has 6 heteroatoms. The van der Waals surface area contributed by atoms with Crippen LogP contribution in [0.5, 0.6) is 0 Å². The number of hydrogen-bond acceptors (Lipinski definition) is 4. The maximum atomic E-state index is 11.1. The molecule has 104 valence electrons. The summed E-state index contributed by atoms with van der Waals surface area (Å²) >= 11 is 6.04. The second kappa shape index (κ2) is 6.23. The number of carbonyl (C=O) groups is 1. The largest absolute Gasteiger partial charge is 0.374 e. The third kappa shape index (κ3) is 3.59. The number of ether oxygens (including phenoxy) is 1. The summed E-state index contributed by atoms with van der Waals surface area (Å²) < 4.78 is 5.65. The third-order valence-corrected chi connectivity index (χ3v) is 3.45. The van der Waals surface area contributed by atoms with E-state index in [0.29, 0.717) is 10.6 Å². The Labute approximate surface area is 117 Å². The van der Waals surface area contributed by atoms with Crippen molar-refractivity contribution in [1.82, 2.24) is 5.32 Å². The van der Waals surface area contributed by atoms with Crippen molar-refractivity contribution in [3.63, 3.8) is 0 Å². The molecule has 0 spiro atoms. The number of morpholine rings is 1. The molecule has 1 unspecified atom stereocenters. The smallest absolute Gasteiger partial charge is 0.250 e. The molecule has 1 aliphatic heterocycles. The molecule has 1 saturated heterocycles. The van der Waals surface area contributed by atoms with Crippen LogP contribution in [0.2, 0.25) is 5.02 Å². The number of anilines is 1. The molecule has 0 radical (unpaired) electrons. The highest BCUT2D eigenvalue weighted by Gasteiger charge is 2.16. The lowest BCUT2D eigenvalue weighted by atomic mass is 10.1. The van der Waals surface area contributed by atoms with Gasteiger partial charge in [-0.3, -0.25) is 4.79 Å². The second-order valence-corrected chi connectivity index (χ2v) is 5.01. The van der Waals surface area contributed by atoms with Crippen molar-refractivity contribution in [3.8, 4) is 0 Å². The standard InChI is InChI=1S/C13H18ClN3O2/c1-17(8-10-7-16-4-5-19-10)9-2-3-11(13(15)18)12(14)6-9/h2-3,6,10,16H,4-5,7-8H2,1H3,(H2,15,18). The van der Waals surface area contributed by atoms with Gasteiger partial charge in [0.05, 0.1) is 23.3 Å². The summed E-state index contributed by atoms with van der Waals surface area (Å²) in [6.45, 7) is 3.25. The first kappa shape index (κ1) is 14.1. The first-order valence-corrected chi connectivity index (χ1v) is 6.58. The Morgan fingerprint density at radius 2 is 2.42 bits per heavy atom. The minimum atomic E-state index is -0.515. The van der Waals surface area contributed by atoms with Crippen molar-refractivity contribution >= 4 is 23.2 Å². The normalized spacial score (nSPS) is 19.2. The highest BCUT2D eigenvalue weighted by atomic mass is 35.5. The van der Waals surface area contributed by atoms with Gasteiger partial charge < -0.3 is 20.7 Å². The predicted molar refractivity (Wildman–Crippen MR) is 75.8 cm³/mol. The number of nitrogens with one attached hydrogen (secondary N) is 1. The molecule has 5 nitrogen and oxygen atoms in total. The molecule has 19 heavy (non-hydrogen) atoms. The Balaban J connectivity index is 2.04. The Kier molecular flexibility index (Phi) is 4.63. The van der Waals surface area contributed by atoms with E-state index in [1.807, 2.05) is 18.0 Å². The third-order valence-electron chi connectivity index (χ3n) is 3.14. The minimum Gasteiger partial charge on any atom is -0.374 e. The van der Waals surface area contributed by atoms with E-state index < -0.39 is 5.91 Å². The van der Waals surface area contributed by atoms with Gasteiger partial charge in [-0.2, -0.15) is 0 Å². The van der Waals surface area contributed by atoms with Gasteiger partial charge in [0.2, 0.25) is 5.91 Å². The monoisotopic (exact) mass is 283 g/mol. The molecular weight excluding hydrogens is 266 g/mol. The highest BCUT2D eigenvalue weighted by molar-refractivity contribution is 6.34. The Bertz CT molecular complexity index is 461. The van der Waals surface area contributed by atoms with E-state index in [2.05, 4.69) is 5.32 Å². The predicted octanol–water partition coefficient (Wildman–Crippen LogP) is 0.863. The maximum absolute atomic E-state index is 11.1. The lowest BCUT2D eigenvalue weighted by Gasteiger charge is -2.29. The van der Waals surface area contributed by atoms with Crippen molar-refractivity contribution < 1.29 is 9.53 Å². The van der Waals surface area contributed by atoms with Gasteiger partial charge in [0, 0.05) is 32.4 Å². The zero-order valence-corrected chi connectivity index (χ0v) is 11.6. The van der Waals surface area contributed by atoms with Crippen molar-refractivity contribution in [2.45, 2.75) is 6.10 Å². The summed E-state index contributed by atoms with van der Waals surface area (Å²) in [7, 11) is 1.97. The molecule has 1 aromatic rings. The number of hydrogen-bond donors (Lipinski definition) is 2. The van der Waals surface area contributed by atoms with Crippen LogP contribution in [0.4, 0.5) is 5.69 Å². The van der Waals surface area contributed by atoms with Crippen LogP contribution in [0, 0.1) is 0 Å². The van der Waals surface area contributed by atoms with E-state index in [4.69, 9.17) is 22.1 Å². The number of carbonyl (C=O) groups excluding carboxylic acids is 1. The molecule has 1 aromatic carbocycles. The summed E-state index contributed by atoms with van der Waals surface area (Å²) in [6, 6.07) is 5.23. The van der Waals surface area contributed by atoms with Gasteiger partial charge in [0.1, 0.15) is 0 Å². The molecule has 1 aliphatic rings. The van der Waals surface area contributed by atoms with Crippen LogP contribution in [0.1, 0.15) is 10.4 Å². The van der Waals surface area contributed by atoms with Gasteiger partial charge in [-0.05, 0) is 18.2 Å². The quantitative estimate of drug-likeness (QED) is 0.860. The van der Waals surface area contributed by atoms with Gasteiger partial charge in [0.15, 0.2) is 0 Å². The topological polar surface area (TPSA) is 67.6 Å². The lowest BCUT2D eigenvalue weighted by molar-refractivity contribution is 0.0340. The van der Waals surface area contributed by atoms with Crippen LogP contribution >= 0.6 is 11.6 Å². The molecule has 0 aliphatic carbocycles. The zero-order valence-electron chi connectivity index (χ0n) is 10.9.